The zero-order valence-electron chi connectivity index (χ0n) is 24.2. The van der Waals surface area contributed by atoms with Crippen LogP contribution in [0, 0.1) is 11.8 Å². The first-order valence-electron chi connectivity index (χ1n) is 16.0. The van der Waals surface area contributed by atoms with Crippen molar-refractivity contribution in [3.8, 4) is 16.9 Å². The lowest BCUT2D eigenvalue weighted by molar-refractivity contribution is -0.126. The Morgan fingerprint density at radius 2 is 1.65 bits per heavy atom. The molecule has 3 aliphatic rings. The number of carboxylic acids is 1. The fraction of sp³-hybridized carbons (Fsp3) is 0.600. The highest BCUT2D eigenvalue weighted by Gasteiger charge is 2.31. The van der Waals surface area contributed by atoms with Crippen LogP contribution in [0.15, 0.2) is 42.5 Å². The minimum atomic E-state index is -0.927. The average molecular weight is 546 g/mol. The van der Waals surface area contributed by atoms with E-state index in [-0.39, 0.29) is 29.5 Å². The van der Waals surface area contributed by atoms with E-state index in [4.69, 9.17) is 4.74 Å². The van der Waals surface area contributed by atoms with Gasteiger partial charge in [-0.2, -0.15) is 0 Å². The van der Waals surface area contributed by atoms with Crippen LogP contribution in [0.25, 0.3) is 11.1 Å². The Labute approximate surface area is 240 Å². The van der Waals surface area contributed by atoms with Crippen molar-refractivity contribution in [3.05, 3.63) is 53.6 Å². The molecule has 5 nitrogen and oxygen atoms in total. The number of aromatic carboxylic acids is 1. The zero-order chi connectivity index (χ0) is 27.9. The number of hydrogen-bond donors (Lipinski definition) is 2. The molecule has 1 amide bonds. The van der Waals surface area contributed by atoms with Crippen molar-refractivity contribution in [1.82, 2.24) is 5.32 Å². The molecule has 0 spiro atoms. The van der Waals surface area contributed by atoms with Crippen LogP contribution in [0.3, 0.4) is 0 Å². The first-order valence-corrected chi connectivity index (χ1v) is 16.0. The van der Waals surface area contributed by atoms with Gasteiger partial charge < -0.3 is 15.2 Å². The molecule has 5 heteroatoms. The second-order valence-corrected chi connectivity index (χ2v) is 12.5. The number of carbonyl (C=O) groups excluding carboxylic acids is 1. The predicted molar refractivity (Wildman–Crippen MR) is 160 cm³/mol. The molecular weight excluding hydrogens is 498 g/mol. The maximum absolute atomic E-state index is 13.3. The lowest BCUT2D eigenvalue weighted by Crippen LogP contribution is -2.38. The number of carbonyl (C=O) groups is 2. The minimum absolute atomic E-state index is 0.00381. The molecule has 4 atom stereocenters. The monoisotopic (exact) mass is 545 g/mol. The van der Waals surface area contributed by atoms with Crippen LogP contribution in [0.2, 0.25) is 0 Å². The summed E-state index contributed by atoms with van der Waals surface area (Å²) in [6.07, 6.45) is 17.0. The third-order valence-corrected chi connectivity index (χ3v) is 9.83. The van der Waals surface area contributed by atoms with Gasteiger partial charge >= 0.3 is 5.97 Å². The summed E-state index contributed by atoms with van der Waals surface area (Å²) in [5, 5.41) is 13.1. The summed E-state index contributed by atoms with van der Waals surface area (Å²) >= 11 is 0. The van der Waals surface area contributed by atoms with E-state index in [1.165, 1.54) is 63.4 Å². The van der Waals surface area contributed by atoms with E-state index < -0.39 is 5.97 Å². The van der Waals surface area contributed by atoms with Crippen molar-refractivity contribution >= 4 is 11.9 Å². The zero-order valence-corrected chi connectivity index (χ0v) is 24.2. The van der Waals surface area contributed by atoms with Crippen molar-refractivity contribution in [2.75, 3.05) is 0 Å². The third kappa shape index (κ3) is 7.08. The van der Waals surface area contributed by atoms with Crippen LogP contribution < -0.4 is 10.1 Å². The van der Waals surface area contributed by atoms with Crippen molar-refractivity contribution < 1.29 is 19.4 Å². The molecule has 0 aliphatic heterocycles. The van der Waals surface area contributed by atoms with E-state index in [0.29, 0.717) is 5.92 Å². The van der Waals surface area contributed by atoms with E-state index >= 15 is 0 Å². The molecule has 3 fully saturated rings. The Hall–Kier alpha value is -2.82. The standard InChI is InChI=1S/C35H47NO4/c1-2-24-10-5-3-4-6-11-26(17-16-24)34(37)36-28-19-20-29(23-28)40-33-21-18-27(35(38)39)22-32(33)31-15-8-7-14-30(31)25-12-9-13-25/h7-8,14-15,18,21-22,24-26,28-29H,2-6,9-13,16-17,19-20,23H2,1H3,(H,36,37)(H,38,39)/t24?,26-,28?,29-/m1/s1. The van der Waals surface area contributed by atoms with Gasteiger partial charge in [0.2, 0.25) is 5.91 Å². The number of hydrogen-bond acceptors (Lipinski definition) is 3. The number of rotatable bonds is 8. The molecule has 216 valence electrons. The van der Waals surface area contributed by atoms with E-state index in [9.17, 15) is 14.7 Å². The molecule has 0 radical (unpaired) electrons. The minimum Gasteiger partial charge on any atom is -0.490 e. The number of benzene rings is 2. The maximum atomic E-state index is 13.3. The number of ether oxygens (including phenoxy) is 1. The first-order chi connectivity index (χ1) is 19.5. The average Bonchev–Trinajstić information content (AvgIpc) is 3.37. The van der Waals surface area contributed by atoms with Gasteiger partial charge in [-0.15, -0.1) is 0 Å². The molecule has 0 saturated heterocycles. The van der Waals surface area contributed by atoms with E-state index in [2.05, 4.69) is 30.4 Å². The highest BCUT2D eigenvalue weighted by Crippen LogP contribution is 2.44. The fourth-order valence-corrected chi connectivity index (χ4v) is 7.04. The molecule has 0 aromatic heterocycles. The van der Waals surface area contributed by atoms with Crippen molar-refractivity contribution in [3.63, 3.8) is 0 Å². The Morgan fingerprint density at radius 3 is 2.40 bits per heavy atom. The lowest BCUT2D eigenvalue weighted by atomic mass is 9.77. The van der Waals surface area contributed by atoms with Gasteiger partial charge in [-0.3, -0.25) is 4.79 Å². The lowest BCUT2D eigenvalue weighted by Gasteiger charge is -2.29. The smallest absolute Gasteiger partial charge is 0.335 e. The Bertz CT molecular complexity index is 1160. The molecule has 0 heterocycles. The number of amides is 1. The van der Waals surface area contributed by atoms with E-state index in [0.717, 1.165) is 61.3 Å². The molecule has 2 aromatic rings. The van der Waals surface area contributed by atoms with Gasteiger partial charge in [0, 0.05) is 23.9 Å². The number of nitrogens with one attached hydrogen (secondary N) is 1. The Kier molecular flexibility index (Phi) is 9.83. The van der Waals surface area contributed by atoms with Crippen molar-refractivity contribution in [2.45, 2.75) is 121 Å². The summed E-state index contributed by atoms with van der Waals surface area (Å²) in [5.74, 6) is 1.47. The Morgan fingerprint density at radius 1 is 0.850 bits per heavy atom. The second kappa shape index (κ2) is 13.7. The van der Waals surface area contributed by atoms with E-state index in [1.54, 1.807) is 12.1 Å². The van der Waals surface area contributed by atoms with Crippen LogP contribution >= 0.6 is 0 Å². The maximum Gasteiger partial charge on any atom is 0.335 e. The third-order valence-electron chi connectivity index (χ3n) is 9.83. The van der Waals surface area contributed by atoms with Crippen LogP contribution in [-0.4, -0.2) is 29.1 Å². The van der Waals surface area contributed by atoms with Gasteiger partial charge in [0.25, 0.3) is 0 Å². The highest BCUT2D eigenvalue weighted by molar-refractivity contribution is 5.91. The van der Waals surface area contributed by atoms with Gasteiger partial charge in [0.15, 0.2) is 0 Å². The van der Waals surface area contributed by atoms with Gasteiger partial charge in [-0.1, -0.05) is 76.1 Å². The molecule has 5 rings (SSSR count). The van der Waals surface area contributed by atoms with Gasteiger partial charge in [-0.05, 0) is 86.1 Å². The van der Waals surface area contributed by atoms with Crippen molar-refractivity contribution in [2.24, 2.45) is 11.8 Å². The quantitative estimate of drug-likeness (QED) is 0.349. The first kappa shape index (κ1) is 28.7. The molecule has 3 aliphatic carbocycles. The van der Waals surface area contributed by atoms with E-state index in [1.807, 2.05) is 12.1 Å². The molecule has 3 saturated carbocycles. The molecule has 2 unspecified atom stereocenters. The van der Waals surface area contributed by atoms with Gasteiger partial charge in [0.1, 0.15) is 11.9 Å². The summed E-state index contributed by atoms with van der Waals surface area (Å²) in [7, 11) is 0. The van der Waals surface area contributed by atoms with Crippen LogP contribution in [0.1, 0.15) is 125 Å². The van der Waals surface area contributed by atoms with Gasteiger partial charge in [-0.25, -0.2) is 4.79 Å². The van der Waals surface area contributed by atoms with Crippen molar-refractivity contribution in [1.29, 1.82) is 0 Å². The predicted octanol–water partition coefficient (Wildman–Crippen LogP) is 8.51. The molecule has 0 bridgehead atoms. The molecular formula is C35H47NO4. The van der Waals surface area contributed by atoms with Crippen LogP contribution in [0.5, 0.6) is 5.75 Å². The molecule has 2 aromatic carbocycles. The Balaban J connectivity index is 1.25. The highest BCUT2D eigenvalue weighted by atomic mass is 16.5. The summed E-state index contributed by atoms with van der Waals surface area (Å²) in [6.45, 7) is 2.29. The normalized spacial score (nSPS) is 26.0. The van der Waals surface area contributed by atoms with Gasteiger partial charge in [0.05, 0.1) is 5.56 Å². The molecule has 2 N–H and O–H groups in total. The summed E-state index contributed by atoms with van der Waals surface area (Å²) < 4.78 is 6.59. The summed E-state index contributed by atoms with van der Waals surface area (Å²) in [5.41, 5.74) is 3.50. The summed E-state index contributed by atoms with van der Waals surface area (Å²) in [4.78, 5) is 25.2. The second-order valence-electron chi connectivity index (χ2n) is 12.5. The topological polar surface area (TPSA) is 75.6 Å². The van der Waals surface area contributed by atoms with Crippen LogP contribution in [0.4, 0.5) is 0 Å². The largest absolute Gasteiger partial charge is 0.490 e. The van der Waals surface area contributed by atoms with Crippen LogP contribution in [-0.2, 0) is 4.79 Å². The fourth-order valence-electron chi connectivity index (χ4n) is 7.04. The SMILES string of the molecule is CCC1CCCCCC[C@@H](C(=O)NC2CC[C@@H](Oc3ccc(C(=O)O)cc3-c3ccccc3C3CCC3)C2)CC1. The number of carboxylic acid groups (broad SMARTS) is 1. The summed E-state index contributed by atoms with van der Waals surface area (Å²) in [6, 6.07) is 13.8. The molecule has 40 heavy (non-hydrogen) atoms.